The van der Waals surface area contributed by atoms with E-state index in [0.29, 0.717) is 28.3 Å². The summed E-state index contributed by atoms with van der Waals surface area (Å²) in [6, 6.07) is 11.9. The number of Topliss-reactive ketones (excluding diaryl/α,β-unsaturated/α-hetero) is 1. The van der Waals surface area contributed by atoms with Gasteiger partial charge in [0.25, 0.3) is 5.91 Å². The number of ketones is 1. The summed E-state index contributed by atoms with van der Waals surface area (Å²) in [4.78, 5) is 39.9. The molecule has 2 aliphatic heterocycles. The number of nitrogens with one attached hydrogen (secondary N) is 1. The molecular weight excluding hydrogens is 441 g/mol. The van der Waals surface area contributed by atoms with E-state index in [1.54, 1.807) is 13.0 Å². The van der Waals surface area contributed by atoms with Crippen LogP contribution >= 0.6 is 0 Å². The van der Waals surface area contributed by atoms with Crippen LogP contribution in [-0.4, -0.2) is 40.5 Å². The minimum Gasteiger partial charge on any atom is -0.454 e. The second-order valence-corrected chi connectivity index (χ2v) is 8.53. The molecule has 1 N–H and O–H groups in total. The van der Waals surface area contributed by atoms with E-state index in [1.807, 2.05) is 29.7 Å². The first kappa shape index (κ1) is 21.7. The van der Waals surface area contributed by atoms with E-state index in [9.17, 15) is 18.8 Å². The monoisotopic (exact) mass is 463 g/mol. The molecular formula is C25H22FN3O5. The van der Waals surface area contributed by atoms with Crippen molar-refractivity contribution in [3.05, 3.63) is 76.9 Å². The Balaban J connectivity index is 1.41. The summed E-state index contributed by atoms with van der Waals surface area (Å²) in [6.07, 6.45) is 0. The van der Waals surface area contributed by atoms with Crippen LogP contribution in [0.5, 0.6) is 11.5 Å². The van der Waals surface area contributed by atoms with Crippen LogP contribution in [0.1, 0.15) is 34.2 Å². The number of rotatable bonds is 5. The molecule has 5 rings (SSSR count). The van der Waals surface area contributed by atoms with Gasteiger partial charge < -0.3 is 19.4 Å². The van der Waals surface area contributed by atoms with Gasteiger partial charge in [0, 0.05) is 28.7 Å². The van der Waals surface area contributed by atoms with Gasteiger partial charge in [-0.2, -0.15) is 0 Å². The first-order valence-electron chi connectivity index (χ1n) is 10.7. The fraction of sp³-hybridized carbons (Fsp3) is 0.240. The smallest absolute Gasteiger partial charge is 0.325 e. The lowest BCUT2D eigenvalue weighted by atomic mass is 9.92. The predicted molar refractivity (Wildman–Crippen MR) is 120 cm³/mol. The molecule has 2 aliphatic rings. The second-order valence-electron chi connectivity index (χ2n) is 8.53. The van der Waals surface area contributed by atoms with Crippen molar-refractivity contribution in [1.82, 2.24) is 14.8 Å². The topological polar surface area (TPSA) is 89.9 Å². The molecule has 1 fully saturated rings. The summed E-state index contributed by atoms with van der Waals surface area (Å²) in [7, 11) is 0. The molecule has 3 amide bonds. The zero-order valence-electron chi connectivity index (χ0n) is 18.8. The van der Waals surface area contributed by atoms with Crippen molar-refractivity contribution >= 4 is 17.7 Å². The lowest BCUT2D eigenvalue weighted by Crippen LogP contribution is -2.41. The van der Waals surface area contributed by atoms with Crippen LogP contribution in [0.2, 0.25) is 0 Å². The van der Waals surface area contributed by atoms with E-state index in [-0.39, 0.29) is 12.6 Å². The van der Waals surface area contributed by atoms with Crippen LogP contribution in [0.4, 0.5) is 9.18 Å². The molecule has 1 saturated heterocycles. The van der Waals surface area contributed by atoms with Gasteiger partial charge in [-0.3, -0.25) is 14.5 Å². The molecule has 0 aliphatic carbocycles. The van der Waals surface area contributed by atoms with Crippen LogP contribution in [0.15, 0.2) is 48.5 Å². The molecule has 0 radical (unpaired) electrons. The molecule has 9 heteroatoms. The minimum atomic E-state index is -1.38. The zero-order chi connectivity index (χ0) is 24.2. The van der Waals surface area contributed by atoms with E-state index in [4.69, 9.17) is 9.47 Å². The summed E-state index contributed by atoms with van der Waals surface area (Å²) in [6.45, 7) is 4.96. The maximum atomic E-state index is 13.3. The Morgan fingerprint density at radius 1 is 1.06 bits per heavy atom. The molecule has 0 unspecified atom stereocenters. The highest BCUT2D eigenvalue weighted by Crippen LogP contribution is 2.35. The number of fused-ring (bicyclic) bond motifs is 1. The van der Waals surface area contributed by atoms with E-state index in [1.165, 1.54) is 31.2 Å². The number of carbonyl (C=O) groups excluding carboxylic acids is 3. The Morgan fingerprint density at radius 2 is 1.76 bits per heavy atom. The third-order valence-corrected chi connectivity index (χ3v) is 6.34. The summed E-state index contributed by atoms with van der Waals surface area (Å²) in [5.41, 5.74) is 1.75. The number of aryl methyl sites for hydroxylation is 1. The summed E-state index contributed by atoms with van der Waals surface area (Å²) in [5, 5.41) is 2.64. The van der Waals surface area contributed by atoms with E-state index in [0.717, 1.165) is 16.3 Å². The molecule has 8 nitrogen and oxygen atoms in total. The number of urea groups is 1. The molecule has 3 aromatic rings. The number of aromatic nitrogens is 1. The van der Waals surface area contributed by atoms with Gasteiger partial charge in [0.15, 0.2) is 17.3 Å². The Labute approximate surface area is 194 Å². The maximum absolute atomic E-state index is 13.3. The van der Waals surface area contributed by atoms with Crippen molar-refractivity contribution < 1.29 is 28.2 Å². The van der Waals surface area contributed by atoms with Crippen LogP contribution in [0.25, 0.3) is 5.69 Å². The highest BCUT2D eigenvalue weighted by Gasteiger charge is 2.49. The summed E-state index contributed by atoms with van der Waals surface area (Å²) >= 11 is 0. The highest BCUT2D eigenvalue weighted by molar-refractivity contribution is 6.11. The van der Waals surface area contributed by atoms with Gasteiger partial charge in [0.2, 0.25) is 6.79 Å². The number of hydrogen-bond acceptors (Lipinski definition) is 5. The van der Waals surface area contributed by atoms with Gasteiger partial charge in [-0.25, -0.2) is 9.18 Å². The predicted octanol–water partition coefficient (Wildman–Crippen LogP) is 3.61. The molecule has 3 heterocycles. The minimum absolute atomic E-state index is 0.162. The van der Waals surface area contributed by atoms with Crippen molar-refractivity contribution in [2.45, 2.75) is 26.3 Å². The largest absolute Gasteiger partial charge is 0.454 e. The summed E-state index contributed by atoms with van der Waals surface area (Å²) < 4.78 is 26.1. The van der Waals surface area contributed by atoms with Gasteiger partial charge in [0.1, 0.15) is 11.4 Å². The van der Waals surface area contributed by atoms with E-state index < -0.39 is 29.8 Å². The fourth-order valence-electron chi connectivity index (χ4n) is 4.51. The van der Waals surface area contributed by atoms with Gasteiger partial charge in [-0.1, -0.05) is 12.1 Å². The van der Waals surface area contributed by atoms with Crippen molar-refractivity contribution in [2.24, 2.45) is 0 Å². The Kier molecular flexibility index (Phi) is 4.93. The van der Waals surface area contributed by atoms with Gasteiger partial charge in [-0.15, -0.1) is 0 Å². The molecule has 34 heavy (non-hydrogen) atoms. The van der Waals surface area contributed by atoms with Crippen LogP contribution in [0, 0.1) is 19.7 Å². The van der Waals surface area contributed by atoms with Crippen molar-refractivity contribution in [3.8, 4) is 17.2 Å². The third kappa shape index (κ3) is 3.32. The van der Waals surface area contributed by atoms with E-state index >= 15 is 0 Å². The molecule has 1 aromatic heterocycles. The number of amides is 3. The average molecular weight is 463 g/mol. The second kappa shape index (κ2) is 7.72. The first-order valence-corrected chi connectivity index (χ1v) is 10.7. The van der Waals surface area contributed by atoms with Crippen LogP contribution in [0.3, 0.4) is 0 Å². The molecule has 0 bridgehead atoms. The van der Waals surface area contributed by atoms with Crippen molar-refractivity contribution in [2.75, 3.05) is 13.3 Å². The van der Waals surface area contributed by atoms with Gasteiger partial charge in [0.05, 0.1) is 6.54 Å². The summed E-state index contributed by atoms with van der Waals surface area (Å²) in [5.74, 6) is -0.106. The quantitative estimate of drug-likeness (QED) is 0.461. The number of benzene rings is 2. The Bertz CT molecular complexity index is 1350. The maximum Gasteiger partial charge on any atom is 0.325 e. The lowest BCUT2D eigenvalue weighted by Gasteiger charge is -2.22. The standard InChI is InChI=1S/C25H22FN3O5/c1-14-10-19(15(2)29(14)18-8-9-21-22(11-18)34-13-33-21)20(30)12-28-23(31)25(3,27-24(28)32)16-4-6-17(26)7-5-16/h4-11H,12-13H2,1-3H3,(H,27,32)/t25-/m1/s1. The van der Waals surface area contributed by atoms with Gasteiger partial charge >= 0.3 is 6.03 Å². The van der Waals surface area contributed by atoms with Gasteiger partial charge in [-0.05, 0) is 56.7 Å². The Morgan fingerprint density at radius 3 is 2.50 bits per heavy atom. The Hall–Kier alpha value is -4.14. The van der Waals surface area contributed by atoms with Crippen molar-refractivity contribution in [3.63, 3.8) is 0 Å². The molecule has 0 spiro atoms. The lowest BCUT2D eigenvalue weighted by molar-refractivity contribution is -0.130. The zero-order valence-corrected chi connectivity index (χ0v) is 18.8. The normalized spacial score (nSPS) is 19.0. The fourth-order valence-corrected chi connectivity index (χ4v) is 4.51. The number of imide groups is 1. The average Bonchev–Trinajstić information content (AvgIpc) is 3.45. The third-order valence-electron chi connectivity index (χ3n) is 6.34. The van der Waals surface area contributed by atoms with E-state index in [2.05, 4.69) is 5.32 Å². The molecule has 2 aromatic carbocycles. The number of halogens is 1. The van der Waals surface area contributed by atoms with Crippen molar-refractivity contribution in [1.29, 1.82) is 0 Å². The SMILES string of the molecule is Cc1cc(C(=O)CN2C(=O)N[C@](C)(c3ccc(F)cc3)C2=O)c(C)n1-c1ccc2c(c1)OCO2. The molecule has 174 valence electrons. The number of carbonyl (C=O) groups is 3. The number of hydrogen-bond donors (Lipinski definition) is 1. The highest BCUT2D eigenvalue weighted by atomic mass is 19.1. The van der Waals surface area contributed by atoms with Crippen LogP contribution < -0.4 is 14.8 Å². The number of ether oxygens (including phenoxy) is 2. The molecule has 0 saturated carbocycles. The first-order chi connectivity index (χ1) is 16.2. The number of nitrogens with zero attached hydrogens (tertiary/aromatic N) is 2. The molecule has 1 atom stereocenters. The van der Waals surface area contributed by atoms with Crippen LogP contribution in [-0.2, 0) is 10.3 Å².